The van der Waals surface area contributed by atoms with E-state index in [1.54, 1.807) is 11.8 Å². The second-order valence-corrected chi connectivity index (χ2v) is 5.88. The maximum Gasteiger partial charge on any atom is 0.294 e. The van der Waals surface area contributed by atoms with Gasteiger partial charge in [-0.25, -0.2) is 0 Å². The molecule has 3 rings (SSSR count). The Morgan fingerprint density at radius 3 is 2.90 bits per heavy atom. The highest BCUT2D eigenvalue weighted by atomic mass is 32.2. The number of amides is 1. The predicted molar refractivity (Wildman–Crippen MR) is 67.5 cm³/mol. The number of thioether (sulfide) groups is 1. The highest BCUT2D eigenvalue weighted by molar-refractivity contribution is 7.99. The maximum absolute atomic E-state index is 12.0. The third-order valence-corrected chi connectivity index (χ3v) is 4.53. The number of hydrogen-bond acceptors (Lipinski definition) is 8. The Kier molecular flexibility index (Phi) is 3.96. The Morgan fingerprint density at radius 1 is 1.40 bits per heavy atom. The molecular formula is C10H15N3O6S. The quantitative estimate of drug-likeness (QED) is 0.477. The summed E-state index contributed by atoms with van der Waals surface area (Å²) in [4.78, 5) is 26.9. The molecular weight excluding hydrogens is 290 g/mol. The number of fused-ring (bicyclic) bond motifs is 1. The van der Waals surface area contributed by atoms with Crippen LogP contribution in [0.4, 0.5) is 0 Å². The number of hydrogen-bond donors (Lipinski definition) is 2. The molecule has 3 heterocycles. The highest BCUT2D eigenvalue weighted by Gasteiger charge is 2.50. The van der Waals surface area contributed by atoms with Gasteiger partial charge in [-0.1, -0.05) is 0 Å². The molecule has 2 N–H and O–H groups in total. The highest BCUT2D eigenvalue weighted by Crippen LogP contribution is 2.29. The fourth-order valence-electron chi connectivity index (χ4n) is 2.64. The molecule has 10 heteroatoms. The molecule has 1 amide bonds. The fourth-order valence-corrected chi connectivity index (χ4v) is 3.58. The molecule has 0 aromatic heterocycles. The number of nitrogens with one attached hydrogen (secondary N) is 2. The molecule has 5 atom stereocenters. The molecule has 3 aliphatic rings. The summed E-state index contributed by atoms with van der Waals surface area (Å²) >= 11 is 1.67. The Labute approximate surface area is 118 Å². The van der Waals surface area contributed by atoms with E-state index in [9.17, 15) is 14.9 Å². The number of ether oxygens (including phenoxy) is 2. The molecule has 112 valence electrons. The smallest absolute Gasteiger partial charge is 0.294 e. The maximum atomic E-state index is 12.0. The number of nitrogens with zero attached hydrogens (tertiary/aromatic N) is 1. The van der Waals surface area contributed by atoms with Gasteiger partial charge in [0.15, 0.2) is 6.10 Å². The minimum absolute atomic E-state index is 0.0912. The molecule has 20 heavy (non-hydrogen) atoms. The van der Waals surface area contributed by atoms with Crippen LogP contribution in [0.25, 0.3) is 0 Å². The van der Waals surface area contributed by atoms with Gasteiger partial charge in [-0.3, -0.25) is 10.1 Å². The van der Waals surface area contributed by atoms with Gasteiger partial charge in [0.1, 0.15) is 12.2 Å². The van der Waals surface area contributed by atoms with E-state index >= 15 is 0 Å². The van der Waals surface area contributed by atoms with Gasteiger partial charge in [0.05, 0.1) is 25.3 Å². The van der Waals surface area contributed by atoms with Crippen LogP contribution in [0.2, 0.25) is 0 Å². The van der Waals surface area contributed by atoms with Crippen molar-refractivity contribution in [3.63, 3.8) is 0 Å². The topological polar surface area (TPSA) is 112 Å². The standard InChI is InChI=1S/C10H15N3O6S/c14-10(6-3-20-4-11-6)12-5-1-17-9-7(19-13(15)16)2-18-8(5)9/h5-9,11H,1-4H2,(H,12,14)/t5-,6+,7+,8-,9-/m1/s1. The largest absolute Gasteiger partial charge is 0.371 e. The first kappa shape index (κ1) is 13.9. The molecule has 0 aromatic carbocycles. The summed E-state index contributed by atoms with van der Waals surface area (Å²) in [5.74, 6) is 1.41. The summed E-state index contributed by atoms with van der Waals surface area (Å²) in [6.45, 7) is 0.374. The van der Waals surface area contributed by atoms with E-state index in [1.807, 2.05) is 0 Å². The second-order valence-electron chi connectivity index (χ2n) is 4.85. The van der Waals surface area contributed by atoms with E-state index in [-0.39, 0.29) is 31.2 Å². The molecule has 0 radical (unpaired) electrons. The summed E-state index contributed by atoms with van der Waals surface area (Å²) in [7, 11) is 0. The van der Waals surface area contributed by atoms with Crippen molar-refractivity contribution in [3.8, 4) is 0 Å². The van der Waals surface area contributed by atoms with Gasteiger partial charge >= 0.3 is 0 Å². The Bertz CT molecular complexity index is 404. The monoisotopic (exact) mass is 305 g/mol. The summed E-state index contributed by atoms with van der Waals surface area (Å²) in [6.07, 6.45) is -1.62. The van der Waals surface area contributed by atoms with Crippen LogP contribution < -0.4 is 10.6 Å². The minimum Gasteiger partial charge on any atom is -0.371 e. The van der Waals surface area contributed by atoms with Crippen LogP contribution in [-0.2, 0) is 19.1 Å². The lowest BCUT2D eigenvalue weighted by Crippen LogP contribution is -2.50. The van der Waals surface area contributed by atoms with Gasteiger partial charge in [0.25, 0.3) is 5.09 Å². The first-order valence-electron chi connectivity index (χ1n) is 6.31. The number of carbonyl (C=O) groups excluding carboxylic acids is 1. The fraction of sp³-hybridized carbons (Fsp3) is 0.900. The van der Waals surface area contributed by atoms with Crippen LogP contribution in [0, 0.1) is 10.1 Å². The predicted octanol–water partition coefficient (Wildman–Crippen LogP) is -1.49. The van der Waals surface area contributed by atoms with Crippen molar-refractivity contribution in [2.24, 2.45) is 0 Å². The lowest BCUT2D eigenvalue weighted by atomic mass is 10.1. The van der Waals surface area contributed by atoms with E-state index in [0.717, 1.165) is 11.6 Å². The third-order valence-electron chi connectivity index (χ3n) is 3.59. The number of carbonyl (C=O) groups is 1. The lowest BCUT2D eigenvalue weighted by molar-refractivity contribution is -0.769. The van der Waals surface area contributed by atoms with Crippen LogP contribution in [0.5, 0.6) is 0 Å². The van der Waals surface area contributed by atoms with Gasteiger partial charge in [-0.15, -0.1) is 21.9 Å². The molecule has 0 aromatic rings. The molecule has 0 unspecified atom stereocenters. The second kappa shape index (κ2) is 5.72. The average Bonchev–Trinajstić information content (AvgIpc) is 3.09. The summed E-state index contributed by atoms with van der Waals surface area (Å²) in [5.41, 5.74) is 0. The van der Waals surface area contributed by atoms with Crippen molar-refractivity contribution < 1.29 is 24.2 Å². The van der Waals surface area contributed by atoms with Gasteiger partial charge in [-0.05, 0) is 0 Å². The first-order chi connectivity index (χ1) is 9.65. The zero-order valence-corrected chi connectivity index (χ0v) is 11.3. The van der Waals surface area contributed by atoms with Crippen molar-refractivity contribution >= 4 is 17.7 Å². The van der Waals surface area contributed by atoms with Crippen LogP contribution in [0.3, 0.4) is 0 Å². The Balaban J connectivity index is 1.55. The van der Waals surface area contributed by atoms with E-state index in [2.05, 4.69) is 15.5 Å². The zero-order valence-electron chi connectivity index (χ0n) is 10.5. The van der Waals surface area contributed by atoms with Gasteiger partial charge in [-0.2, -0.15) is 0 Å². The van der Waals surface area contributed by atoms with E-state index in [0.29, 0.717) is 0 Å². The normalized spacial score (nSPS) is 39.5. The van der Waals surface area contributed by atoms with E-state index < -0.39 is 23.4 Å². The zero-order chi connectivity index (χ0) is 14.1. The summed E-state index contributed by atoms with van der Waals surface area (Å²) in [5, 5.41) is 15.5. The molecule has 3 fully saturated rings. The molecule has 0 spiro atoms. The van der Waals surface area contributed by atoms with E-state index in [1.165, 1.54) is 0 Å². The van der Waals surface area contributed by atoms with Gasteiger partial charge in [0, 0.05) is 11.6 Å². The van der Waals surface area contributed by atoms with E-state index in [4.69, 9.17) is 9.47 Å². The minimum atomic E-state index is -0.842. The Morgan fingerprint density at radius 2 is 2.20 bits per heavy atom. The molecule has 3 saturated heterocycles. The van der Waals surface area contributed by atoms with Crippen molar-refractivity contribution in [2.75, 3.05) is 24.8 Å². The van der Waals surface area contributed by atoms with Crippen LogP contribution >= 0.6 is 11.8 Å². The van der Waals surface area contributed by atoms with Crippen LogP contribution in [-0.4, -0.2) is 66.2 Å². The van der Waals surface area contributed by atoms with Gasteiger partial charge < -0.3 is 19.6 Å². The van der Waals surface area contributed by atoms with Crippen molar-refractivity contribution in [1.82, 2.24) is 10.6 Å². The number of rotatable bonds is 4. The average molecular weight is 305 g/mol. The third kappa shape index (κ3) is 2.68. The summed E-state index contributed by atoms with van der Waals surface area (Å²) < 4.78 is 10.9. The van der Waals surface area contributed by atoms with Crippen molar-refractivity contribution in [1.29, 1.82) is 0 Å². The van der Waals surface area contributed by atoms with Crippen LogP contribution in [0.15, 0.2) is 0 Å². The van der Waals surface area contributed by atoms with Crippen molar-refractivity contribution in [2.45, 2.75) is 30.4 Å². The molecule has 9 nitrogen and oxygen atoms in total. The van der Waals surface area contributed by atoms with Crippen molar-refractivity contribution in [3.05, 3.63) is 10.1 Å². The molecule has 0 aliphatic carbocycles. The van der Waals surface area contributed by atoms with Crippen LogP contribution in [0.1, 0.15) is 0 Å². The first-order valence-corrected chi connectivity index (χ1v) is 7.46. The molecule has 3 aliphatic heterocycles. The lowest BCUT2D eigenvalue weighted by Gasteiger charge is -2.19. The van der Waals surface area contributed by atoms with Gasteiger partial charge in [0.2, 0.25) is 5.91 Å². The summed E-state index contributed by atoms with van der Waals surface area (Å²) in [6, 6.07) is -0.494. The molecule has 0 bridgehead atoms. The SMILES string of the molecule is O=C(N[C@@H]1CO[C@H]2[C@@H]1OC[C@@H]2O[N+](=O)[O-])[C@@H]1CSCN1. The Hall–Kier alpha value is -1.10. The molecule has 0 saturated carbocycles.